The summed E-state index contributed by atoms with van der Waals surface area (Å²) in [6.45, 7) is 5.31. The number of benzene rings is 1. The molecule has 4 heterocycles. The third kappa shape index (κ3) is 4.48. The summed E-state index contributed by atoms with van der Waals surface area (Å²) >= 11 is 0. The van der Waals surface area contributed by atoms with E-state index in [9.17, 15) is 0 Å². The fraction of sp³-hybridized carbons (Fsp3) is 0.333. The number of ether oxygens (including phenoxy) is 1. The van der Waals surface area contributed by atoms with Crippen LogP contribution in [0, 0.1) is 0 Å². The van der Waals surface area contributed by atoms with E-state index in [1.54, 1.807) is 6.26 Å². The summed E-state index contributed by atoms with van der Waals surface area (Å²) in [5, 5.41) is 8.92. The monoisotopic (exact) mass is 449 g/mol. The molecule has 0 radical (unpaired) electrons. The number of aromatic nitrogens is 2. The van der Waals surface area contributed by atoms with Gasteiger partial charge in [0.15, 0.2) is 5.82 Å². The predicted molar refractivity (Wildman–Crippen MR) is 121 cm³/mol. The number of hydrogen-bond acceptors (Lipinski definition) is 7. The normalized spacial score (nSPS) is 15.8. The largest absolute Gasteiger partial charge is 0.467 e. The minimum absolute atomic E-state index is 0. The van der Waals surface area contributed by atoms with Crippen molar-refractivity contribution in [3.05, 3.63) is 60.1 Å². The van der Waals surface area contributed by atoms with E-state index in [0.29, 0.717) is 12.4 Å². The molecule has 0 saturated carbocycles. The van der Waals surface area contributed by atoms with Gasteiger partial charge in [-0.15, -0.1) is 35.0 Å². The minimum atomic E-state index is 0. The van der Waals surface area contributed by atoms with Gasteiger partial charge >= 0.3 is 0 Å². The molecule has 9 heteroatoms. The maximum absolute atomic E-state index is 6.14. The van der Waals surface area contributed by atoms with E-state index in [2.05, 4.69) is 44.1 Å². The smallest absolute Gasteiger partial charge is 0.262 e. The number of likely N-dealkylation sites (N-methyl/N-ethyl adjacent to an activating group) is 1. The summed E-state index contributed by atoms with van der Waals surface area (Å²) in [5.41, 5.74) is 2.06. The van der Waals surface area contributed by atoms with Crippen molar-refractivity contribution in [3.63, 3.8) is 0 Å². The van der Waals surface area contributed by atoms with Gasteiger partial charge in [0.25, 0.3) is 5.88 Å². The van der Waals surface area contributed by atoms with Crippen LogP contribution in [0.2, 0.25) is 0 Å². The number of rotatable bonds is 3. The molecule has 30 heavy (non-hydrogen) atoms. The maximum atomic E-state index is 6.14. The number of halogens is 2. The summed E-state index contributed by atoms with van der Waals surface area (Å²) in [6, 6.07) is 14.1. The van der Waals surface area contributed by atoms with Gasteiger partial charge in [0.2, 0.25) is 0 Å². The van der Waals surface area contributed by atoms with Gasteiger partial charge in [0.1, 0.15) is 17.2 Å². The van der Waals surface area contributed by atoms with E-state index in [-0.39, 0.29) is 24.8 Å². The molecule has 0 bridgehead atoms. The van der Waals surface area contributed by atoms with E-state index < -0.39 is 0 Å². The van der Waals surface area contributed by atoms with Crippen LogP contribution in [-0.2, 0) is 13.1 Å². The van der Waals surface area contributed by atoms with Crippen LogP contribution < -0.4 is 14.5 Å². The number of hydrogen-bond donors (Lipinski definition) is 0. The van der Waals surface area contributed by atoms with Crippen molar-refractivity contribution in [2.45, 2.75) is 13.1 Å². The first-order valence-electron chi connectivity index (χ1n) is 9.60. The molecule has 3 aromatic rings. The molecule has 1 saturated heterocycles. The van der Waals surface area contributed by atoms with Gasteiger partial charge in [-0.1, -0.05) is 18.2 Å². The van der Waals surface area contributed by atoms with Crippen molar-refractivity contribution >= 4 is 36.3 Å². The molecule has 1 aromatic carbocycles. The van der Waals surface area contributed by atoms with E-state index in [1.165, 1.54) is 0 Å². The zero-order valence-electron chi connectivity index (χ0n) is 16.7. The van der Waals surface area contributed by atoms with Crippen LogP contribution in [0.15, 0.2) is 53.1 Å². The molecule has 7 nitrogen and oxygen atoms in total. The van der Waals surface area contributed by atoms with Crippen molar-refractivity contribution in [1.82, 2.24) is 15.1 Å². The molecule has 0 spiro atoms. The Hall–Kier alpha value is -2.48. The highest BCUT2D eigenvalue weighted by Crippen LogP contribution is 2.39. The molecule has 2 aliphatic heterocycles. The lowest BCUT2D eigenvalue weighted by Gasteiger charge is -2.33. The van der Waals surface area contributed by atoms with Crippen LogP contribution in [0.25, 0.3) is 0 Å². The number of para-hydroxylation sites is 1. The first-order chi connectivity index (χ1) is 13.8. The second-order valence-corrected chi connectivity index (χ2v) is 7.33. The minimum Gasteiger partial charge on any atom is -0.467 e. The molecule has 0 unspecified atom stereocenters. The third-order valence-electron chi connectivity index (χ3n) is 5.36. The second kappa shape index (κ2) is 9.55. The van der Waals surface area contributed by atoms with Crippen LogP contribution in [0.1, 0.15) is 11.3 Å². The van der Waals surface area contributed by atoms with Crippen LogP contribution in [0.5, 0.6) is 11.6 Å². The topological polar surface area (TPSA) is 57.9 Å². The van der Waals surface area contributed by atoms with E-state index in [1.807, 2.05) is 30.3 Å². The predicted octanol–water partition coefficient (Wildman–Crippen LogP) is 3.98. The van der Waals surface area contributed by atoms with Gasteiger partial charge in [0, 0.05) is 44.4 Å². The van der Waals surface area contributed by atoms with Gasteiger partial charge in [-0.25, -0.2) is 0 Å². The second-order valence-electron chi connectivity index (χ2n) is 7.33. The summed E-state index contributed by atoms with van der Waals surface area (Å²) in [4.78, 5) is 6.86. The van der Waals surface area contributed by atoms with Crippen molar-refractivity contribution < 1.29 is 9.15 Å². The zero-order chi connectivity index (χ0) is 18.9. The first-order valence-corrected chi connectivity index (χ1v) is 9.60. The molecule has 0 N–H and O–H groups in total. The summed E-state index contributed by atoms with van der Waals surface area (Å²) in [7, 11) is 2.15. The molecule has 2 aliphatic rings. The van der Waals surface area contributed by atoms with Crippen molar-refractivity contribution in [1.29, 1.82) is 0 Å². The Morgan fingerprint density at radius 3 is 2.53 bits per heavy atom. The van der Waals surface area contributed by atoms with Gasteiger partial charge in [-0.2, -0.15) is 0 Å². The summed E-state index contributed by atoms with van der Waals surface area (Å²) in [6.07, 6.45) is 1.71. The molecule has 0 amide bonds. The molecule has 2 aromatic heterocycles. The highest BCUT2D eigenvalue weighted by Gasteiger charge is 2.25. The Labute approximate surface area is 188 Å². The van der Waals surface area contributed by atoms with Crippen molar-refractivity contribution in [2.24, 2.45) is 0 Å². The molecule has 5 rings (SSSR count). The van der Waals surface area contributed by atoms with Gasteiger partial charge in [-0.05, 0) is 25.2 Å². The third-order valence-corrected chi connectivity index (χ3v) is 5.36. The van der Waals surface area contributed by atoms with Gasteiger partial charge in [0.05, 0.1) is 12.8 Å². The lowest BCUT2D eigenvalue weighted by atomic mass is 10.2. The van der Waals surface area contributed by atoms with Crippen LogP contribution in [0.4, 0.5) is 11.5 Å². The number of furan rings is 1. The van der Waals surface area contributed by atoms with Gasteiger partial charge in [-0.3, -0.25) is 0 Å². The SMILES string of the molecule is CN1CCN(c2cc3c(nn2)Oc2ccccc2CN3Cc2ccco2)CC1.Cl.Cl. The van der Waals surface area contributed by atoms with Crippen molar-refractivity contribution in [2.75, 3.05) is 43.0 Å². The van der Waals surface area contributed by atoms with E-state index in [4.69, 9.17) is 9.15 Å². The maximum Gasteiger partial charge on any atom is 0.262 e. The van der Waals surface area contributed by atoms with Crippen molar-refractivity contribution in [3.8, 4) is 11.6 Å². The lowest BCUT2D eigenvalue weighted by Crippen LogP contribution is -2.45. The Bertz CT molecular complexity index is 962. The summed E-state index contributed by atoms with van der Waals surface area (Å²) < 4.78 is 11.7. The van der Waals surface area contributed by atoms with Crippen LogP contribution in [0.3, 0.4) is 0 Å². The molecule has 0 aliphatic carbocycles. The number of nitrogens with zero attached hydrogens (tertiary/aromatic N) is 5. The lowest BCUT2D eigenvalue weighted by molar-refractivity contribution is 0.311. The fourth-order valence-corrected chi connectivity index (χ4v) is 3.71. The standard InChI is InChI=1S/C21H23N5O2.2ClH/c1-24-8-10-25(11-9-24)20-13-18-21(23-22-20)28-19-7-3-2-5-16(19)14-26(18)15-17-6-4-12-27-17;;/h2-7,12-13H,8-11,14-15H2,1H3;2*1H. The average Bonchev–Trinajstić information content (AvgIpc) is 3.17. The molecular weight excluding hydrogens is 425 g/mol. The zero-order valence-corrected chi connectivity index (χ0v) is 18.4. The van der Waals surface area contributed by atoms with Crippen LogP contribution in [-0.4, -0.2) is 48.3 Å². The number of anilines is 2. The number of piperazine rings is 1. The molecule has 0 atom stereocenters. The molecular formula is C21H25Cl2N5O2. The number of fused-ring (bicyclic) bond motifs is 2. The Kier molecular flexibility index (Phi) is 7.07. The Balaban J connectivity index is 0.00000128. The Morgan fingerprint density at radius 1 is 0.967 bits per heavy atom. The highest BCUT2D eigenvalue weighted by molar-refractivity contribution is 5.85. The van der Waals surface area contributed by atoms with Gasteiger partial charge < -0.3 is 23.9 Å². The fourth-order valence-electron chi connectivity index (χ4n) is 3.71. The van der Waals surface area contributed by atoms with E-state index in [0.717, 1.165) is 61.3 Å². The summed E-state index contributed by atoms with van der Waals surface area (Å²) in [5.74, 6) is 3.16. The van der Waals surface area contributed by atoms with Crippen LogP contribution >= 0.6 is 24.8 Å². The average molecular weight is 450 g/mol. The molecule has 1 fully saturated rings. The Morgan fingerprint density at radius 2 is 1.77 bits per heavy atom. The van der Waals surface area contributed by atoms with E-state index >= 15 is 0 Å². The first kappa shape index (κ1) is 22.2. The quantitative estimate of drug-likeness (QED) is 0.599. The highest BCUT2D eigenvalue weighted by atomic mass is 35.5. The molecule has 160 valence electrons.